The molecule has 0 saturated heterocycles. The molecule has 0 fully saturated rings. The first-order valence-corrected chi connectivity index (χ1v) is 9.88. The molecule has 0 spiro atoms. The molecule has 3 heterocycles. The molecule has 0 saturated carbocycles. The van der Waals surface area contributed by atoms with Crippen molar-refractivity contribution in [1.82, 2.24) is 24.7 Å². The van der Waals surface area contributed by atoms with E-state index in [4.69, 9.17) is 24.5 Å². The first-order valence-electron chi connectivity index (χ1n) is 8.32. The van der Waals surface area contributed by atoms with Crippen LogP contribution in [0, 0.1) is 11.3 Å². The van der Waals surface area contributed by atoms with E-state index in [1.807, 2.05) is 29.2 Å². The van der Waals surface area contributed by atoms with Gasteiger partial charge in [0.05, 0.1) is 18.5 Å². The van der Waals surface area contributed by atoms with Gasteiger partial charge in [0.2, 0.25) is 0 Å². The second-order valence-electron chi connectivity index (χ2n) is 5.81. The Morgan fingerprint density at radius 3 is 2.74 bits per heavy atom. The topological polar surface area (TPSA) is 161 Å². The molecule has 10 nitrogen and oxygen atoms in total. The Bertz CT molecular complexity index is 949. The number of H-pyrrole nitrogens is 1. The summed E-state index contributed by atoms with van der Waals surface area (Å²) < 4.78 is 10.8. The van der Waals surface area contributed by atoms with Gasteiger partial charge in [-0.3, -0.25) is 4.68 Å². The summed E-state index contributed by atoms with van der Waals surface area (Å²) in [4.78, 5) is 33.2. The predicted octanol–water partition coefficient (Wildman–Crippen LogP) is 2.54. The molecule has 3 aromatic heterocycles. The molecule has 0 radical (unpaired) electrons. The quantitative estimate of drug-likeness (QED) is 0.465. The van der Waals surface area contributed by atoms with Crippen LogP contribution in [0.25, 0.3) is 22.4 Å². The summed E-state index contributed by atoms with van der Waals surface area (Å²) in [5.74, 6) is 0. The number of rotatable bonds is 6. The number of fused-ring (bicyclic) bond motifs is 1. The van der Waals surface area contributed by atoms with Crippen molar-refractivity contribution in [2.24, 2.45) is 0 Å². The van der Waals surface area contributed by atoms with Crippen molar-refractivity contribution in [3.05, 3.63) is 30.9 Å². The van der Waals surface area contributed by atoms with E-state index in [9.17, 15) is 0 Å². The van der Waals surface area contributed by atoms with E-state index in [0.717, 1.165) is 41.7 Å². The summed E-state index contributed by atoms with van der Waals surface area (Å²) >= 11 is 0. The van der Waals surface area contributed by atoms with Crippen LogP contribution in [0.15, 0.2) is 30.9 Å². The van der Waals surface area contributed by atoms with Crippen LogP contribution in [0.5, 0.6) is 0 Å². The standard InChI is InChI=1S/C16H18N6.H3O4P/c1-2-3-4-12(5-8-17)22-10-7-14(21-22)15-13-6-9-18-16(13)20-11-19-15;1-5(2,3)4/h6-7,9-12H,2-5H2,1H3,(H,18,19,20);(H3,1,2,3,4). The van der Waals surface area contributed by atoms with Gasteiger partial charge in [-0.25, -0.2) is 14.5 Å². The van der Waals surface area contributed by atoms with Crippen LogP contribution in [-0.4, -0.2) is 39.4 Å². The van der Waals surface area contributed by atoms with Gasteiger partial charge < -0.3 is 19.7 Å². The SMILES string of the molecule is CCCCC(CC#N)n1ccc(-c2ncnc3[nH]ccc23)n1.O=P(O)(O)O. The number of nitrogens with one attached hydrogen (secondary N) is 1. The Hall–Kier alpha value is -2.57. The highest BCUT2D eigenvalue weighted by molar-refractivity contribution is 7.45. The summed E-state index contributed by atoms with van der Waals surface area (Å²) in [7, 11) is -4.64. The Labute approximate surface area is 155 Å². The molecule has 1 unspecified atom stereocenters. The van der Waals surface area contributed by atoms with Crippen LogP contribution in [0.4, 0.5) is 0 Å². The van der Waals surface area contributed by atoms with Gasteiger partial charge in [0, 0.05) is 17.8 Å². The van der Waals surface area contributed by atoms with Crippen LogP contribution in [0.3, 0.4) is 0 Å². The number of phosphoric acid groups is 1. The van der Waals surface area contributed by atoms with Crippen molar-refractivity contribution < 1.29 is 19.2 Å². The lowest BCUT2D eigenvalue weighted by molar-refractivity contribution is 0.275. The number of hydrogen-bond donors (Lipinski definition) is 4. The lowest BCUT2D eigenvalue weighted by atomic mass is 10.1. The van der Waals surface area contributed by atoms with Gasteiger partial charge in [0.1, 0.15) is 23.4 Å². The molecule has 0 aliphatic heterocycles. The van der Waals surface area contributed by atoms with Crippen LogP contribution in [0.2, 0.25) is 0 Å². The van der Waals surface area contributed by atoms with Gasteiger partial charge in [-0.15, -0.1) is 0 Å². The van der Waals surface area contributed by atoms with Gasteiger partial charge in [0.25, 0.3) is 0 Å². The molecule has 27 heavy (non-hydrogen) atoms. The highest BCUT2D eigenvalue weighted by Gasteiger charge is 2.15. The molecular weight excluding hydrogens is 371 g/mol. The van der Waals surface area contributed by atoms with Crippen molar-refractivity contribution in [2.45, 2.75) is 38.6 Å². The van der Waals surface area contributed by atoms with Crippen molar-refractivity contribution in [2.75, 3.05) is 0 Å². The lowest BCUT2D eigenvalue weighted by Gasteiger charge is -2.13. The minimum atomic E-state index is -4.64. The number of aromatic nitrogens is 5. The fraction of sp³-hybridized carbons (Fsp3) is 0.375. The van der Waals surface area contributed by atoms with E-state index in [1.54, 1.807) is 0 Å². The predicted molar refractivity (Wildman–Crippen MR) is 98.2 cm³/mol. The molecule has 0 aliphatic carbocycles. The molecule has 3 aromatic rings. The maximum absolute atomic E-state index is 9.02. The van der Waals surface area contributed by atoms with E-state index in [0.29, 0.717) is 6.42 Å². The van der Waals surface area contributed by atoms with E-state index < -0.39 is 7.82 Å². The first kappa shape index (κ1) is 20.7. The largest absolute Gasteiger partial charge is 0.466 e. The molecule has 144 valence electrons. The number of nitrogens with zero attached hydrogens (tertiary/aromatic N) is 5. The lowest BCUT2D eigenvalue weighted by Crippen LogP contribution is -2.09. The average molecular weight is 392 g/mol. The fourth-order valence-corrected chi connectivity index (χ4v) is 2.62. The summed E-state index contributed by atoms with van der Waals surface area (Å²) in [5.41, 5.74) is 2.43. The van der Waals surface area contributed by atoms with Crippen LogP contribution in [-0.2, 0) is 4.57 Å². The van der Waals surface area contributed by atoms with Crippen molar-refractivity contribution in [3.8, 4) is 17.5 Å². The van der Waals surface area contributed by atoms with Crippen molar-refractivity contribution in [3.63, 3.8) is 0 Å². The zero-order valence-electron chi connectivity index (χ0n) is 14.7. The van der Waals surface area contributed by atoms with Crippen LogP contribution >= 0.6 is 7.82 Å². The molecule has 0 aliphatic rings. The maximum atomic E-state index is 9.02. The molecule has 1 atom stereocenters. The third-order valence-corrected chi connectivity index (χ3v) is 3.80. The van der Waals surface area contributed by atoms with Gasteiger partial charge in [-0.05, 0) is 18.6 Å². The minimum Gasteiger partial charge on any atom is -0.346 e. The highest BCUT2D eigenvalue weighted by atomic mass is 31.2. The zero-order valence-corrected chi connectivity index (χ0v) is 15.6. The third kappa shape index (κ3) is 6.27. The Kier molecular flexibility index (Phi) is 7.21. The molecule has 3 rings (SSSR count). The molecule has 0 amide bonds. The van der Waals surface area contributed by atoms with Crippen molar-refractivity contribution in [1.29, 1.82) is 5.26 Å². The minimum absolute atomic E-state index is 0.127. The normalized spacial score (nSPS) is 12.3. The summed E-state index contributed by atoms with van der Waals surface area (Å²) in [6.45, 7) is 2.15. The number of hydrogen-bond acceptors (Lipinski definition) is 5. The monoisotopic (exact) mass is 392 g/mol. The third-order valence-electron chi connectivity index (χ3n) is 3.80. The van der Waals surface area contributed by atoms with Gasteiger partial charge in [-0.1, -0.05) is 19.8 Å². The van der Waals surface area contributed by atoms with Crippen LogP contribution < -0.4 is 0 Å². The summed E-state index contributed by atoms with van der Waals surface area (Å²) in [5, 5.41) is 14.6. The van der Waals surface area contributed by atoms with E-state index >= 15 is 0 Å². The van der Waals surface area contributed by atoms with Gasteiger partial charge >= 0.3 is 7.82 Å². The molecule has 4 N–H and O–H groups in total. The fourth-order valence-electron chi connectivity index (χ4n) is 2.62. The van der Waals surface area contributed by atoms with Gasteiger partial charge in [-0.2, -0.15) is 10.4 Å². The first-order chi connectivity index (χ1) is 12.8. The Morgan fingerprint density at radius 1 is 1.33 bits per heavy atom. The van der Waals surface area contributed by atoms with Crippen molar-refractivity contribution >= 4 is 18.9 Å². The van der Waals surface area contributed by atoms with E-state index in [1.165, 1.54) is 6.33 Å². The average Bonchev–Trinajstić information content (AvgIpc) is 3.25. The highest BCUT2D eigenvalue weighted by Crippen LogP contribution is 2.26. The molecular formula is C16H21N6O4P. The van der Waals surface area contributed by atoms with Gasteiger partial charge in [0.15, 0.2) is 0 Å². The summed E-state index contributed by atoms with van der Waals surface area (Å²) in [6.07, 6.45) is 8.98. The maximum Gasteiger partial charge on any atom is 0.466 e. The Balaban J connectivity index is 0.000000465. The second-order valence-corrected chi connectivity index (χ2v) is 6.84. The smallest absolute Gasteiger partial charge is 0.346 e. The molecule has 0 aromatic carbocycles. The molecule has 11 heteroatoms. The number of unbranched alkanes of at least 4 members (excludes halogenated alkanes) is 1. The molecule has 0 bridgehead atoms. The second kappa shape index (κ2) is 9.39. The van der Waals surface area contributed by atoms with E-state index in [2.05, 4.69) is 33.0 Å². The van der Waals surface area contributed by atoms with E-state index in [-0.39, 0.29) is 6.04 Å². The number of nitriles is 1. The zero-order chi connectivity index (χ0) is 19.9. The Morgan fingerprint density at radius 2 is 2.07 bits per heavy atom. The van der Waals surface area contributed by atoms with Crippen LogP contribution in [0.1, 0.15) is 38.6 Å². The summed E-state index contributed by atoms with van der Waals surface area (Å²) in [6, 6.07) is 6.29. The number of aromatic amines is 1.